The summed E-state index contributed by atoms with van der Waals surface area (Å²) >= 11 is 3.38. The fourth-order valence-electron chi connectivity index (χ4n) is 4.04. The van der Waals surface area contributed by atoms with Gasteiger partial charge in [0, 0.05) is 23.0 Å². The number of hydrogen-bond acceptors (Lipinski definition) is 4. The van der Waals surface area contributed by atoms with Crippen LogP contribution < -0.4 is 9.62 Å². The van der Waals surface area contributed by atoms with E-state index >= 15 is 0 Å². The third kappa shape index (κ3) is 8.90. The van der Waals surface area contributed by atoms with Gasteiger partial charge in [0.25, 0.3) is 0 Å². The molecule has 1 atom stereocenters. The third-order valence-electron chi connectivity index (χ3n) is 5.84. The summed E-state index contributed by atoms with van der Waals surface area (Å²) in [6.45, 7) is 4.97. The second kappa shape index (κ2) is 12.7. The average Bonchev–Trinajstić information content (AvgIpc) is 2.85. The van der Waals surface area contributed by atoms with Crippen LogP contribution in [0.2, 0.25) is 0 Å². The van der Waals surface area contributed by atoms with Crippen molar-refractivity contribution in [1.29, 1.82) is 0 Å². The zero-order valence-corrected chi connectivity index (χ0v) is 24.8. The Morgan fingerprint density at radius 3 is 2.08 bits per heavy atom. The molecule has 1 unspecified atom stereocenters. The van der Waals surface area contributed by atoms with Crippen molar-refractivity contribution in [3.63, 3.8) is 0 Å². The van der Waals surface area contributed by atoms with Crippen molar-refractivity contribution in [2.24, 2.45) is 0 Å². The van der Waals surface area contributed by atoms with Crippen molar-refractivity contribution in [3.05, 3.63) is 100 Å². The lowest BCUT2D eigenvalue weighted by Gasteiger charge is -2.35. The predicted molar refractivity (Wildman–Crippen MR) is 155 cm³/mol. The fraction of sp³-hybridized carbons (Fsp3) is 0.310. The molecule has 0 aromatic heterocycles. The van der Waals surface area contributed by atoms with Crippen LogP contribution in [-0.4, -0.2) is 49.5 Å². The lowest BCUT2D eigenvalue weighted by Crippen LogP contribution is -2.56. The number of carbonyl (C=O) groups is 2. The highest BCUT2D eigenvalue weighted by Crippen LogP contribution is 2.28. The number of hydrogen-bond donors (Lipinski definition) is 1. The fourth-order valence-corrected chi connectivity index (χ4v) is 5.52. The van der Waals surface area contributed by atoms with Gasteiger partial charge in [-0.3, -0.25) is 13.9 Å². The minimum Gasteiger partial charge on any atom is -0.350 e. The Balaban J connectivity index is 2.08. The van der Waals surface area contributed by atoms with E-state index < -0.39 is 39.9 Å². The SMILES string of the molecule is CC(C)(C)NC(=O)C(Cc1ccccc1)N(Cc1ccc(F)cc1)C(=O)CN(c1ccccc1Br)S(C)(=O)=O. The van der Waals surface area contributed by atoms with E-state index in [-0.39, 0.29) is 18.9 Å². The van der Waals surface area contributed by atoms with Gasteiger partial charge >= 0.3 is 0 Å². The molecule has 0 saturated heterocycles. The van der Waals surface area contributed by atoms with E-state index in [0.29, 0.717) is 15.7 Å². The highest BCUT2D eigenvalue weighted by Gasteiger charge is 2.34. The summed E-state index contributed by atoms with van der Waals surface area (Å²) in [5.74, 6) is -1.39. The molecule has 2 amide bonds. The molecule has 0 aliphatic carbocycles. The van der Waals surface area contributed by atoms with Crippen LogP contribution >= 0.6 is 15.9 Å². The van der Waals surface area contributed by atoms with E-state index in [0.717, 1.165) is 16.1 Å². The van der Waals surface area contributed by atoms with Gasteiger partial charge in [0.1, 0.15) is 18.4 Å². The number of nitrogens with zero attached hydrogens (tertiary/aromatic N) is 2. The maximum atomic E-state index is 14.0. The summed E-state index contributed by atoms with van der Waals surface area (Å²) in [5, 5.41) is 2.96. The van der Waals surface area contributed by atoms with E-state index in [1.807, 2.05) is 51.1 Å². The van der Waals surface area contributed by atoms with Crippen LogP contribution in [0.5, 0.6) is 0 Å². The first-order valence-electron chi connectivity index (χ1n) is 12.4. The zero-order chi connectivity index (χ0) is 28.8. The number of anilines is 1. The Hall–Kier alpha value is -3.24. The standard InChI is InChI=1S/C29H33BrFN3O4S/c1-29(2,3)32-28(36)26(18-21-10-6-5-7-11-21)33(19-22-14-16-23(31)17-15-22)27(35)20-34(39(4,37)38)25-13-9-8-12-24(25)30/h5-17,26H,18-20H2,1-4H3,(H,32,36). The molecule has 0 bridgehead atoms. The summed E-state index contributed by atoms with van der Waals surface area (Å²) < 4.78 is 40.8. The van der Waals surface area contributed by atoms with Crippen LogP contribution in [0, 0.1) is 5.82 Å². The molecule has 0 radical (unpaired) electrons. The minimum atomic E-state index is -3.88. The van der Waals surface area contributed by atoms with E-state index in [1.165, 1.54) is 17.0 Å². The Bertz CT molecular complexity index is 1390. The first-order valence-corrected chi connectivity index (χ1v) is 15.0. The molecule has 3 rings (SSSR count). The van der Waals surface area contributed by atoms with Crippen LogP contribution in [0.15, 0.2) is 83.3 Å². The molecule has 7 nitrogen and oxygen atoms in total. The van der Waals surface area contributed by atoms with Crippen molar-refractivity contribution in [2.75, 3.05) is 17.1 Å². The number of para-hydroxylation sites is 1. The number of carbonyl (C=O) groups excluding carboxylic acids is 2. The molecular formula is C29H33BrFN3O4S. The maximum absolute atomic E-state index is 14.0. The topological polar surface area (TPSA) is 86.8 Å². The quantitative estimate of drug-likeness (QED) is 0.350. The molecule has 0 fully saturated rings. The predicted octanol–water partition coefficient (Wildman–Crippen LogP) is 4.91. The Morgan fingerprint density at radius 2 is 1.51 bits per heavy atom. The smallest absolute Gasteiger partial charge is 0.244 e. The van der Waals surface area contributed by atoms with Gasteiger partial charge in [0.15, 0.2) is 0 Å². The molecule has 0 saturated carbocycles. The van der Waals surface area contributed by atoms with Crippen LogP contribution in [-0.2, 0) is 32.6 Å². The zero-order valence-electron chi connectivity index (χ0n) is 22.4. The molecule has 3 aromatic carbocycles. The monoisotopic (exact) mass is 617 g/mol. The van der Waals surface area contributed by atoms with Crippen LogP contribution in [0.4, 0.5) is 10.1 Å². The molecule has 39 heavy (non-hydrogen) atoms. The number of halogens is 2. The molecule has 10 heteroatoms. The van der Waals surface area contributed by atoms with E-state index in [1.54, 1.807) is 36.4 Å². The first kappa shape index (κ1) is 30.3. The van der Waals surface area contributed by atoms with Gasteiger partial charge in [-0.25, -0.2) is 12.8 Å². The van der Waals surface area contributed by atoms with Crippen molar-refractivity contribution < 1.29 is 22.4 Å². The summed E-state index contributed by atoms with van der Waals surface area (Å²) in [4.78, 5) is 29.0. The van der Waals surface area contributed by atoms with E-state index in [2.05, 4.69) is 21.2 Å². The lowest BCUT2D eigenvalue weighted by molar-refractivity contribution is -0.140. The van der Waals surface area contributed by atoms with E-state index in [9.17, 15) is 22.4 Å². The molecule has 1 N–H and O–H groups in total. The van der Waals surface area contributed by atoms with Crippen molar-refractivity contribution >= 4 is 43.5 Å². The molecule has 208 valence electrons. The minimum absolute atomic E-state index is 0.0261. The second-order valence-corrected chi connectivity index (χ2v) is 13.1. The summed E-state index contributed by atoms with van der Waals surface area (Å²) in [5.41, 5.74) is 1.14. The molecular weight excluding hydrogens is 585 g/mol. The Labute approximate surface area is 238 Å². The van der Waals surface area contributed by atoms with Crippen molar-refractivity contribution in [3.8, 4) is 0 Å². The number of nitrogens with one attached hydrogen (secondary N) is 1. The summed E-state index contributed by atoms with van der Waals surface area (Å²) in [6, 6.07) is 20.6. The van der Waals surface area contributed by atoms with Gasteiger partial charge in [0.05, 0.1) is 11.9 Å². The van der Waals surface area contributed by atoms with Gasteiger partial charge in [-0.1, -0.05) is 54.6 Å². The largest absolute Gasteiger partial charge is 0.350 e. The average molecular weight is 619 g/mol. The number of sulfonamides is 1. The first-order chi connectivity index (χ1) is 18.2. The van der Waals surface area contributed by atoms with Gasteiger partial charge in [-0.15, -0.1) is 0 Å². The van der Waals surface area contributed by atoms with Crippen molar-refractivity contribution in [1.82, 2.24) is 10.2 Å². The number of rotatable bonds is 10. The Kier molecular flexibility index (Phi) is 9.90. The Morgan fingerprint density at radius 1 is 0.923 bits per heavy atom. The van der Waals surface area contributed by atoms with Crippen LogP contribution in [0.3, 0.4) is 0 Å². The van der Waals surface area contributed by atoms with Gasteiger partial charge in [-0.2, -0.15) is 0 Å². The molecule has 0 aliphatic rings. The third-order valence-corrected chi connectivity index (χ3v) is 7.63. The summed E-state index contributed by atoms with van der Waals surface area (Å²) in [6.07, 6.45) is 1.22. The van der Waals surface area contributed by atoms with Gasteiger partial charge < -0.3 is 10.2 Å². The normalized spacial score (nSPS) is 12.5. The highest BCUT2D eigenvalue weighted by molar-refractivity contribution is 9.10. The van der Waals surface area contributed by atoms with Gasteiger partial charge in [-0.05, 0) is 72.1 Å². The van der Waals surface area contributed by atoms with Crippen LogP contribution in [0.25, 0.3) is 0 Å². The van der Waals surface area contributed by atoms with Crippen LogP contribution in [0.1, 0.15) is 31.9 Å². The molecule has 0 spiro atoms. The molecule has 0 heterocycles. The number of amides is 2. The lowest BCUT2D eigenvalue weighted by atomic mass is 10.0. The highest BCUT2D eigenvalue weighted by atomic mass is 79.9. The molecule has 0 aliphatic heterocycles. The van der Waals surface area contributed by atoms with Crippen molar-refractivity contribution in [2.45, 2.75) is 45.3 Å². The summed E-state index contributed by atoms with van der Waals surface area (Å²) in [7, 11) is -3.88. The maximum Gasteiger partial charge on any atom is 0.244 e. The number of benzene rings is 3. The molecule has 3 aromatic rings. The van der Waals surface area contributed by atoms with E-state index in [4.69, 9.17) is 0 Å². The second-order valence-electron chi connectivity index (χ2n) is 10.3. The van der Waals surface area contributed by atoms with Gasteiger partial charge in [0.2, 0.25) is 21.8 Å².